The molecule has 0 amide bonds. The fourth-order valence-electron chi connectivity index (χ4n) is 5.92. The quantitative estimate of drug-likeness (QED) is 0.587. The van der Waals surface area contributed by atoms with Gasteiger partial charge in [0.25, 0.3) is 0 Å². The average molecular weight is 424 g/mol. The predicted molar refractivity (Wildman–Crippen MR) is 121 cm³/mol. The minimum atomic E-state index is -0.0488. The zero-order valence-corrected chi connectivity index (χ0v) is 18.6. The van der Waals surface area contributed by atoms with Crippen molar-refractivity contribution in [2.45, 2.75) is 45.6 Å². The molecule has 4 atom stereocenters. The van der Waals surface area contributed by atoms with Gasteiger partial charge in [-0.05, 0) is 66.9 Å². The van der Waals surface area contributed by atoms with E-state index >= 15 is 0 Å². The van der Waals surface area contributed by atoms with Gasteiger partial charge in [0.2, 0.25) is 0 Å². The Kier molecular flexibility index (Phi) is 5.15. The van der Waals surface area contributed by atoms with Crippen molar-refractivity contribution in [1.29, 1.82) is 0 Å². The Balaban J connectivity index is 1.31. The Morgan fingerprint density at radius 2 is 2.03 bits per heavy atom. The van der Waals surface area contributed by atoms with Gasteiger partial charge in [-0.2, -0.15) is 0 Å². The first-order chi connectivity index (χ1) is 14.4. The van der Waals surface area contributed by atoms with Gasteiger partial charge < -0.3 is 4.74 Å². The number of carbonyl (C=O) groups is 1. The molecule has 2 aliphatic carbocycles. The molecule has 1 saturated heterocycles. The third-order valence-corrected chi connectivity index (χ3v) is 7.91. The summed E-state index contributed by atoms with van der Waals surface area (Å²) < 4.78 is 5.91. The van der Waals surface area contributed by atoms with Crippen LogP contribution in [0.2, 0.25) is 5.02 Å². The maximum absolute atomic E-state index is 12.8. The van der Waals surface area contributed by atoms with Crippen LogP contribution >= 0.6 is 11.6 Å². The van der Waals surface area contributed by atoms with E-state index in [1.165, 1.54) is 22.3 Å². The normalized spacial score (nSPS) is 33.8. The average Bonchev–Trinajstić information content (AvgIpc) is 3.01. The van der Waals surface area contributed by atoms with Crippen LogP contribution in [0.1, 0.15) is 45.1 Å². The van der Waals surface area contributed by atoms with Crippen LogP contribution < -0.4 is 0 Å². The third-order valence-electron chi connectivity index (χ3n) is 7.66. The number of hydrogen-bond acceptors (Lipinski definition) is 3. The Bertz CT molecular complexity index is 944. The SMILES string of the molecule is CC1=CCC[C@]2(C)C[C@H]3OC(=O)[C@@H](CN4CC=C(c5ccc(Cl)cc5)CC4)[C@H]3C=C12. The van der Waals surface area contributed by atoms with Crippen LogP contribution in [0.3, 0.4) is 0 Å². The molecule has 30 heavy (non-hydrogen) atoms. The minimum absolute atomic E-state index is 0.00166. The molecule has 2 aliphatic heterocycles. The number of allylic oxidation sites excluding steroid dienone is 3. The Hall–Kier alpha value is -1.84. The van der Waals surface area contributed by atoms with Gasteiger partial charge >= 0.3 is 5.97 Å². The second-order valence-corrected chi connectivity index (χ2v) is 10.1. The highest BCUT2D eigenvalue weighted by Crippen LogP contribution is 2.52. The summed E-state index contributed by atoms with van der Waals surface area (Å²) in [5.41, 5.74) is 5.63. The van der Waals surface area contributed by atoms with Crippen molar-refractivity contribution < 1.29 is 9.53 Å². The molecule has 1 fully saturated rings. The van der Waals surface area contributed by atoms with E-state index in [-0.39, 0.29) is 29.3 Å². The van der Waals surface area contributed by atoms with Crippen molar-refractivity contribution in [3.05, 3.63) is 64.2 Å². The number of benzene rings is 1. The van der Waals surface area contributed by atoms with Gasteiger partial charge in [0.1, 0.15) is 6.10 Å². The van der Waals surface area contributed by atoms with Crippen LogP contribution in [-0.4, -0.2) is 36.6 Å². The van der Waals surface area contributed by atoms with E-state index in [1.807, 2.05) is 12.1 Å². The summed E-state index contributed by atoms with van der Waals surface area (Å²) in [6.45, 7) is 7.22. The Labute approximate surface area is 184 Å². The molecule has 158 valence electrons. The molecule has 0 saturated carbocycles. The molecule has 0 spiro atoms. The molecule has 0 aromatic heterocycles. The molecule has 1 aromatic carbocycles. The fraction of sp³-hybridized carbons (Fsp3) is 0.500. The van der Waals surface area contributed by atoms with E-state index in [9.17, 15) is 4.79 Å². The summed E-state index contributed by atoms with van der Waals surface area (Å²) in [4.78, 5) is 15.2. The maximum atomic E-state index is 12.8. The van der Waals surface area contributed by atoms with Crippen molar-refractivity contribution in [2.75, 3.05) is 19.6 Å². The highest BCUT2D eigenvalue weighted by atomic mass is 35.5. The second-order valence-electron chi connectivity index (χ2n) is 9.68. The van der Waals surface area contributed by atoms with Crippen LogP contribution in [0.4, 0.5) is 0 Å². The molecule has 4 heteroatoms. The summed E-state index contributed by atoms with van der Waals surface area (Å²) in [6, 6.07) is 8.08. The van der Waals surface area contributed by atoms with Crippen molar-refractivity contribution >= 4 is 23.1 Å². The molecule has 0 radical (unpaired) electrons. The van der Waals surface area contributed by atoms with Gasteiger partial charge in [-0.1, -0.05) is 54.5 Å². The number of esters is 1. The van der Waals surface area contributed by atoms with E-state index in [1.54, 1.807) is 0 Å². The molecular formula is C26H30ClNO2. The molecular weight excluding hydrogens is 394 g/mol. The highest BCUT2D eigenvalue weighted by molar-refractivity contribution is 6.30. The molecule has 0 N–H and O–H groups in total. The van der Waals surface area contributed by atoms with Crippen LogP contribution in [0.15, 0.2) is 53.6 Å². The molecule has 4 aliphatic rings. The van der Waals surface area contributed by atoms with E-state index in [0.717, 1.165) is 50.3 Å². The number of ether oxygens (including phenoxy) is 1. The van der Waals surface area contributed by atoms with Gasteiger partial charge in [0.15, 0.2) is 0 Å². The lowest BCUT2D eigenvalue weighted by Gasteiger charge is -2.43. The van der Waals surface area contributed by atoms with Gasteiger partial charge in [-0.25, -0.2) is 0 Å². The first kappa shape index (κ1) is 20.1. The van der Waals surface area contributed by atoms with Crippen molar-refractivity contribution in [1.82, 2.24) is 4.90 Å². The van der Waals surface area contributed by atoms with Crippen molar-refractivity contribution in [3.63, 3.8) is 0 Å². The first-order valence-corrected chi connectivity index (χ1v) is 11.6. The molecule has 2 heterocycles. The highest BCUT2D eigenvalue weighted by Gasteiger charge is 2.51. The predicted octanol–water partition coefficient (Wildman–Crippen LogP) is 5.66. The third kappa shape index (κ3) is 3.56. The standard InChI is InChI=1S/C26H30ClNO2/c1-17-4-3-11-26(2)15-24-21(14-23(17)26)22(25(29)30-24)16-28-12-9-19(10-13-28)18-5-7-20(27)8-6-18/h4-9,14,21-22,24H,3,10-13,15-16H2,1-2H3/t21-,22+,24-,26-/m1/s1. The number of carbonyl (C=O) groups excluding carboxylic acids is 1. The number of hydrogen-bond donors (Lipinski definition) is 0. The molecule has 3 nitrogen and oxygen atoms in total. The van der Waals surface area contributed by atoms with Crippen LogP contribution in [0.25, 0.3) is 5.57 Å². The number of fused-ring (bicyclic) bond motifs is 2. The molecule has 5 rings (SSSR count). The van der Waals surface area contributed by atoms with E-state index in [4.69, 9.17) is 16.3 Å². The summed E-state index contributed by atoms with van der Waals surface area (Å²) >= 11 is 6.02. The van der Waals surface area contributed by atoms with E-state index in [2.05, 4.69) is 49.1 Å². The van der Waals surface area contributed by atoms with Gasteiger partial charge in [-0.3, -0.25) is 9.69 Å². The van der Waals surface area contributed by atoms with Crippen LogP contribution in [-0.2, 0) is 9.53 Å². The number of rotatable bonds is 3. The minimum Gasteiger partial charge on any atom is -0.461 e. The van der Waals surface area contributed by atoms with E-state index < -0.39 is 0 Å². The van der Waals surface area contributed by atoms with Crippen molar-refractivity contribution in [2.24, 2.45) is 17.3 Å². The lowest BCUT2D eigenvalue weighted by molar-refractivity contribution is -0.145. The second kappa shape index (κ2) is 7.69. The monoisotopic (exact) mass is 423 g/mol. The molecule has 0 unspecified atom stereocenters. The van der Waals surface area contributed by atoms with Crippen LogP contribution in [0, 0.1) is 17.3 Å². The smallest absolute Gasteiger partial charge is 0.311 e. The summed E-state index contributed by atoms with van der Waals surface area (Å²) in [5.74, 6) is 0.161. The van der Waals surface area contributed by atoms with E-state index in [0.29, 0.717) is 0 Å². The largest absolute Gasteiger partial charge is 0.461 e. The van der Waals surface area contributed by atoms with Gasteiger partial charge in [-0.15, -0.1) is 0 Å². The lowest BCUT2D eigenvalue weighted by Crippen LogP contribution is -2.40. The summed E-state index contributed by atoms with van der Waals surface area (Å²) in [7, 11) is 0. The number of halogens is 1. The summed E-state index contributed by atoms with van der Waals surface area (Å²) in [5, 5.41) is 0.770. The lowest BCUT2D eigenvalue weighted by atomic mass is 9.62. The first-order valence-electron chi connectivity index (χ1n) is 11.2. The maximum Gasteiger partial charge on any atom is 0.311 e. The number of nitrogens with zero attached hydrogens (tertiary/aromatic N) is 1. The zero-order valence-electron chi connectivity index (χ0n) is 17.9. The fourth-order valence-corrected chi connectivity index (χ4v) is 6.05. The molecule has 0 bridgehead atoms. The van der Waals surface area contributed by atoms with Crippen LogP contribution in [0.5, 0.6) is 0 Å². The van der Waals surface area contributed by atoms with Crippen molar-refractivity contribution in [3.8, 4) is 0 Å². The summed E-state index contributed by atoms with van der Waals surface area (Å²) in [6.07, 6.45) is 11.4. The topological polar surface area (TPSA) is 29.5 Å². The Morgan fingerprint density at radius 1 is 1.23 bits per heavy atom. The van der Waals surface area contributed by atoms with Gasteiger partial charge in [0, 0.05) is 30.6 Å². The Morgan fingerprint density at radius 3 is 2.77 bits per heavy atom. The zero-order chi connectivity index (χ0) is 20.9. The molecule has 1 aromatic rings. The van der Waals surface area contributed by atoms with Gasteiger partial charge in [0.05, 0.1) is 5.92 Å².